The number of thiazole rings is 1. The number of carbonyl (C=O) groups excluding carboxylic acids is 3. The van der Waals surface area contributed by atoms with Gasteiger partial charge in [-0.15, -0.1) is 11.3 Å². The van der Waals surface area contributed by atoms with E-state index in [1.54, 1.807) is 23.1 Å². The molecule has 0 radical (unpaired) electrons. The van der Waals surface area contributed by atoms with Crippen molar-refractivity contribution in [3.63, 3.8) is 0 Å². The van der Waals surface area contributed by atoms with E-state index in [9.17, 15) is 14.4 Å². The summed E-state index contributed by atoms with van der Waals surface area (Å²) in [4.78, 5) is 44.0. The summed E-state index contributed by atoms with van der Waals surface area (Å²) in [7, 11) is 0. The van der Waals surface area contributed by atoms with Crippen LogP contribution in [-0.2, 0) is 14.4 Å². The molecule has 34 heavy (non-hydrogen) atoms. The SMILES string of the molecule is CC12CCC(=O)C=C1CCC1C2C(=O)CC2(C)C(C(=O)CSc3nc4ccccc4s3)CCC12. The molecule has 2 aromatic rings. The van der Waals surface area contributed by atoms with Crippen LogP contribution in [0.4, 0.5) is 0 Å². The lowest BCUT2D eigenvalue weighted by Crippen LogP contribution is -2.55. The fraction of sp³-hybridized carbons (Fsp3) is 0.571. The maximum Gasteiger partial charge on any atom is 0.155 e. The smallest absolute Gasteiger partial charge is 0.155 e. The molecular formula is C28H31NO3S2. The fourth-order valence-corrected chi connectivity index (χ4v) is 10.1. The molecule has 1 aromatic heterocycles. The Morgan fingerprint density at radius 1 is 1.15 bits per heavy atom. The minimum atomic E-state index is -0.231. The standard InChI is InChI=1S/C28H31NO3S2/c1-27-12-11-17(30)13-16(27)7-8-18-19-9-10-20(28(19,2)14-22(31)25(18)27)23(32)15-33-26-29-21-5-3-4-6-24(21)34-26/h3-6,13,18-20,25H,7-12,14-15H2,1-2H3. The zero-order valence-electron chi connectivity index (χ0n) is 19.8. The number of ketones is 3. The predicted octanol–water partition coefficient (Wildman–Crippen LogP) is 6.28. The van der Waals surface area contributed by atoms with Crippen LogP contribution in [-0.4, -0.2) is 28.1 Å². The normalized spacial score (nSPS) is 37.2. The van der Waals surface area contributed by atoms with Gasteiger partial charge in [-0.2, -0.15) is 0 Å². The Kier molecular flexibility index (Phi) is 5.41. The first kappa shape index (κ1) is 22.7. The van der Waals surface area contributed by atoms with Crippen molar-refractivity contribution in [2.45, 2.75) is 63.1 Å². The molecule has 0 spiro atoms. The highest BCUT2D eigenvalue weighted by Gasteiger charge is 2.63. The molecule has 1 heterocycles. The molecule has 1 aromatic carbocycles. The van der Waals surface area contributed by atoms with Crippen LogP contribution in [0, 0.1) is 34.5 Å². The molecule has 6 rings (SSSR count). The highest BCUT2D eigenvalue weighted by atomic mass is 32.2. The summed E-state index contributed by atoms with van der Waals surface area (Å²) in [5.74, 6) is 2.02. The van der Waals surface area contributed by atoms with E-state index in [0.717, 1.165) is 46.7 Å². The zero-order chi connectivity index (χ0) is 23.7. The van der Waals surface area contributed by atoms with Crippen molar-refractivity contribution >= 4 is 50.7 Å². The highest BCUT2D eigenvalue weighted by Crippen LogP contribution is 2.65. The summed E-state index contributed by atoms with van der Waals surface area (Å²) in [6.45, 7) is 4.46. The number of hydrogen-bond donors (Lipinski definition) is 0. The largest absolute Gasteiger partial charge is 0.299 e. The third kappa shape index (κ3) is 3.39. The van der Waals surface area contributed by atoms with Crippen molar-refractivity contribution in [3.05, 3.63) is 35.9 Å². The van der Waals surface area contributed by atoms with Gasteiger partial charge in [0.25, 0.3) is 0 Å². The van der Waals surface area contributed by atoms with Gasteiger partial charge in [0, 0.05) is 24.7 Å². The first-order valence-electron chi connectivity index (χ1n) is 12.6. The van der Waals surface area contributed by atoms with Crippen molar-refractivity contribution in [1.29, 1.82) is 0 Å². The summed E-state index contributed by atoms with van der Waals surface area (Å²) in [5.41, 5.74) is 1.80. The maximum absolute atomic E-state index is 13.7. The van der Waals surface area contributed by atoms with E-state index in [1.165, 1.54) is 5.57 Å². The van der Waals surface area contributed by atoms with Gasteiger partial charge in [0.1, 0.15) is 11.6 Å². The van der Waals surface area contributed by atoms with E-state index in [2.05, 4.69) is 24.9 Å². The second kappa shape index (κ2) is 8.12. The van der Waals surface area contributed by atoms with Gasteiger partial charge >= 0.3 is 0 Å². The molecular weight excluding hydrogens is 462 g/mol. The molecule has 4 aliphatic carbocycles. The molecule has 4 nitrogen and oxygen atoms in total. The third-order valence-corrected chi connectivity index (χ3v) is 11.9. The lowest BCUT2D eigenvalue weighted by atomic mass is 9.46. The Balaban J connectivity index is 1.21. The van der Waals surface area contributed by atoms with Gasteiger partial charge in [0.2, 0.25) is 0 Å². The molecule has 3 fully saturated rings. The van der Waals surface area contributed by atoms with Crippen LogP contribution < -0.4 is 0 Å². The van der Waals surface area contributed by atoms with Crippen LogP contribution in [0.1, 0.15) is 58.8 Å². The Morgan fingerprint density at radius 3 is 2.79 bits per heavy atom. The van der Waals surface area contributed by atoms with E-state index in [1.807, 2.05) is 24.3 Å². The van der Waals surface area contributed by atoms with Gasteiger partial charge in [-0.1, -0.05) is 43.3 Å². The molecule has 4 aliphatic rings. The minimum Gasteiger partial charge on any atom is -0.299 e. The lowest BCUT2D eigenvalue weighted by molar-refractivity contribution is -0.148. The van der Waals surface area contributed by atoms with Crippen molar-refractivity contribution in [3.8, 4) is 0 Å². The van der Waals surface area contributed by atoms with Crippen LogP contribution in [0.15, 0.2) is 40.3 Å². The maximum atomic E-state index is 13.7. The van der Waals surface area contributed by atoms with E-state index < -0.39 is 0 Å². The summed E-state index contributed by atoms with van der Waals surface area (Å²) >= 11 is 3.20. The van der Waals surface area contributed by atoms with Gasteiger partial charge < -0.3 is 0 Å². The van der Waals surface area contributed by atoms with Crippen LogP contribution in [0.2, 0.25) is 0 Å². The molecule has 0 bridgehead atoms. The number of aromatic nitrogens is 1. The van der Waals surface area contributed by atoms with Crippen LogP contribution in [0.3, 0.4) is 0 Å². The molecule has 3 saturated carbocycles. The van der Waals surface area contributed by atoms with E-state index in [-0.39, 0.29) is 34.2 Å². The van der Waals surface area contributed by atoms with E-state index >= 15 is 0 Å². The molecule has 0 amide bonds. The van der Waals surface area contributed by atoms with E-state index in [4.69, 9.17) is 0 Å². The average Bonchev–Trinajstić information content (AvgIpc) is 3.37. The van der Waals surface area contributed by atoms with Gasteiger partial charge in [-0.05, 0) is 73.0 Å². The lowest BCUT2D eigenvalue weighted by Gasteiger charge is -2.56. The van der Waals surface area contributed by atoms with Crippen LogP contribution in [0.5, 0.6) is 0 Å². The minimum absolute atomic E-state index is 0.0182. The first-order chi connectivity index (χ1) is 16.3. The zero-order valence-corrected chi connectivity index (χ0v) is 21.5. The molecule has 6 atom stereocenters. The number of para-hydroxylation sites is 1. The molecule has 0 aliphatic heterocycles. The van der Waals surface area contributed by atoms with Gasteiger partial charge in [-0.25, -0.2) is 4.98 Å². The Bertz CT molecular complexity index is 1200. The second-order valence-electron chi connectivity index (χ2n) is 11.3. The second-order valence-corrected chi connectivity index (χ2v) is 13.6. The number of nitrogens with zero attached hydrogens (tertiary/aromatic N) is 1. The van der Waals surface area contributed by atoms with Crippen molar-refractivity contribution < 1.29 is 14.4 Å². The van der Waals surface area contributed by atoms with E-state index in [0.29, 0.717) is 36.2 Å². The molecule has 6 unspecified atom stereocenters. The molecule has 0 N–H and O–H groups in total. The fourth-order valence-electron chi connectivity index (χ4n) is 8.06. The van der Waals surface area contributed by atoms with Gasteiger partial charge in [0.05, 0.1) is 16.0 Å². The quantitative estimate of drug-likeness (QED) is 0.469. The number of hydrogen-bond acceptors (Lipinski definition) is 6. The summed E-state index contributed by atoms with van der Waals surface area (Å²) < 4.78 is 2.10. The predicted molar refractivity (Wildman–Crippen MR) is 136 cm³/mol. The average molecular weight is 494 g/mol. The third-order valence-electron chi connectivity index (χ3n) is 9.65. The number of rotatable bonds is 4. The topological polar surface area (TPSA) is 64.1 Å². The number of Topliss-reactive ketones (excluding diaryl/α,β-unsaturated/α-hetero) is 2. The summed E-state index contributed by atoms with van der Waals surface area (Å²) in [5, 5.41) is 0. The number of carbonyl (C=O) groups is 3. The molecule has 178 valence electrons. The van der Waals surface area contributed by atoms with Gasteiger partial charge in [-0.3, -0.25) is 14.4 Å². The molecule has 6 heteroatoms. The van der Waals surface area contributed by atoms with Gasteiger partial charge in [0.15, 0.2) is 10.1 Å². The number of allylic oxidation sites excluding steroid dienone is 1. The van der Waals surface area contributed by atoms with Crippen LogP contribution in [0.25, 0.3) is 10.2 Å². The molecule has 0 saturated heterocycles. The number of thioether (sulfide) groups is 1. The van der Waals surface area contributed by atoms with Crippen molar-refractivity contribution in [2.24, 2.45) is 34.5 Å². The first-order valence-corrected chi connectivity index (χ1v) is 14.4. The summed E-state index contributed by atoms with van der Waals surface area (Å²) in [6.07, 6.45) is 7.56. The Hall–Kier alpha value is -1.79. The van der Waals surface area contributed by atoms with Crippen molar-refractivity contribution in [2.75, 3.05) is 5.75 Å². The van der Waals surface area contributed by atoms with Crippen molar-refractivity contribution in [1.82, 2.24) is 4.98 Å². The number of benzene rings is 1. The Morgan fingerprint density at radius 2 is 1.97 bits per heavy atom. The number of fused-ring (bicyclic) bond motifs is 6. The monoisotopic (exact) mass is 493 g/mol. The Labute approximate surface area is 209 Å². The van der Waals surface area contributed by atoms with Crippen LogP contribution >= 0.6 is 23.1 Å². The highest BCUT2D eigenvalue weighted by molar-refractivity contribution is 8.01. The summed E-state index contributed by atoms with van der Waals surface area (Å²) in [6, 6.07) is 8.09.